The lowest BCUT2D eigenvalue weighted by Crippen LogP contribution is -2.21. The van der Waals surface area contributed by atoms with Crippen LogP contribution in [-0.4, -0.2) is 21.8 Å². The maximum atomic E-state index is 4.67. The number of hydrogen-bond donors (Lipinski definition) is 0. The van der Waals surface area contributed by atoms with Crippen LogP contribution in [0.15, 0.2) is 42.6 Å². The summed E-state index contributed by atoms with van der Waals surface area (Å²) in [4.78, 5) is 0. The first-order chi connectivity index (χ1) is 8.13. The van der Waals surface area contributed by atoms with E-state index in [0.29, 0.717) is 0 Å². The van der Waals surface area contributed by atoms with Gasteiger partial charge in [-0.25, -0.2) is 4.68 Å². The van der Waals surface area contributed by atoms with E-state index in [1.54, 1.807) is 0 Å². The van der Waals surface area contributed by atoms with Crippen molar-refractivity contribution in [1.29, 1.82) is 0 Å². The van der Waals surface area contributed by atoms with Gasteiger partial charge in [0, 0.05) is 17.4 Å². The number of aromatic nitrogens is 2. The number of hydrogen-bond acceptors (Lipinski definition) is 2. The van der Waals surface area contributed by atoms with Gasteiger partial charge in [-0.3, -0.25) is 0 Å². The Balaban J connectivity index is 2.28. The van der Waals surface area contributed by atoms with E-state index in [1.807, 2.05) is 40.8 Å². The van der Waals surface area contributed by atoms with Gasteiger partial charge in [0.05, 0.1) is 11.4 Å². The smallest absolute Gasteiger partial charge is 0.0693 e. The Bertz CT molecular complexity index is 474. The Morgan fingerprint density at radius 3 is 2.53 bits per heavy atom. The topological polar surface area (TPSA) is 17.8 Å². The third-order valence-electron chi connectivity index (χ3n) is 2.81. The summed E-state index contributed by atoms with van der Waals surface area (Å²) >= 11 is 1.86. The van der Waals surface area contributed by atoms with Gasteiger partial charge in [0.15, 0.2) is 0 Å². The van der Waals surface area contributed by atoms with Gasteiger partial charge in [-0.1, -0.05) is 32.0 Å². The lowest BCUT2D eigenvalue weighted by atomic mass is 9.92. The van der Waals surface area contributed by atoms with Crippen molar-refractivity contribution in [2.24, 2.45) is 0 Å². The Labute approximate surface area is 107 Å². The molecule has 1 aromatic heterocycles. The highest BCUT2D eigenvalue weighted by Crippen LogP contribution is 2.25. The Morgan fingerprint density at radius 2 is 1.88 bits per heavy atom. The molecule has 0 amide bonds. The third kappa shape index (κ3) is 2.72. The minimum absolute atomic E-state index is 0.124. The van der Waals surface area contributed by atoms with E-state index in [4.69, 9.17) is 0 Å². The number of para-hydroxylation sites is 1. The van der Waals surface area contributed by atoms with Crippen LogP contribution >= 0.6 is 11.8 Å². The van der Waals surface area contributed by atoms with Crippen molar-refractivity contribution < 1.29 is 0 Å². The van der Waals surface area contributed by atoms with Gasteiger partial charge < -0.3 is 0 Å². The Morgan fingerprint density at radius 1 is 1.18 bits per heavy atom. The van der Waals surface area contributed by atoms with Crippen LogP contribution in [0.2, 0.25) is 0 Å². The first-order valence-electron chi connectivity index (χ1n) is 5.74. The van der Waals surface area contributed by atoms with E-state index in [1.165, 1.54) is 0 Å². The molecular weight excluding hydrogens is 228 g/mol. The molecule has 0 aliphatic rings. The molecule has 3 heteroatoms. The average Bonchev–Trinajstić information content (AvgIpc) is 2.80. The lowest BCUT2D eigenvalue weighted by Gasteiger charge is -2.20. The van der Waals surface area contributed by atoms with Crippen molar-refractivity contribution in [3.8, 4) is 5.69 Å². The molecule has 0 aliphatic heterocycles. The van der Waals surface area contributed by atoms with Crippen LogP contribution in [0.25, 0.3) is 5.69 Å². The van der Waals surface area contributed by atoms with Crippen molar-refractivity contribution in [2.45, 2.75) is 19.3 Å². The molecule has 0 saturated carbocycles. The number of nitrogens with zero attached hydrogens (tertiary/aromatic N) is 2. The maximum Gasteiger partial charge on any atom is 0.0693 e. The van der Waals surface area contributed by atoms with Gasteiger partial charge in [-0.05, 0) is 24.5 Å². The molecule has 1 heterocycles. The van der Waals surface area contributed by atoms with E-state index in [2.05, 4.69) is 43.4 Å². The molecular formula is C14H18N2S. The van der Waals surface area contributed by atoms with Gasteiger partial charge in [0.25, 0.3) is 0 Å². The maximum absolute atomic E-state index is 4.67. The van der Waals surface area contributed by atoms with E-state index in [9.17, 15) is 0 Å². The van der Waals surface area contributed by atoms with Crippen molar-refractivity contribution >= 4 is 11.8 Å². The Kier molecular flexibility index (Phi) is 3.57. The van der Waals surface area contributed by atoms with Crippen LogP contribution in [0.4, 0.5) is 0 Å². The summed E-state index contributed by atoms with van der Waals surface area (Å²) < 4.78 is 1.94. The van der Waals surface area contributed by atoms with Gasteiger partial charge in [0.1, 0.15) is 0 Å². The zero-order valence-electron chi connectivity index (χ0n) is 10.6. The monoisotopic (exact) mass is 246 g/mol. The summed E-state index contributed by atoms with van der Waals surface area (Å²) in [5.41, 5.74) is 2.38. The predicted octanol–water partition coefficient (Wildman–Crippen LogP) is 3.51. The molecule has 0 unspecified atom stereocenters. The van der Waals surface area contributed by atoms with Crippen molar-refractivity contribution in [3.05, 3.63) is 48.3 Å². The highest BCUT2D eigenvalue weighted by Gasteiger charge is 2.22. The summed E-state index contributed by atoms with van der Waals surface area (Å²) in [5, 5.41) is 4.67. The molecule has 0 atom stereocenters. The zero-order chi connectivity index (χ0) is 12.3. The molecule has 90 valence electrons. The molecule has 0 spiro atoms. The number of thioether (sulfide) groups is 1. The van der Waals surface area contributed by atoms with Crippen LogP contribution in [0.5, 0.6) is 0 Å². The largest absolute Gasteiger partial charge is 0.241 e. The standard InChI is InChI=1S/C14H18N2S/c1-14(2,11-17-3)13-9-10-16(15-13)12-7-5-4-6-8-12/h4-10H,11H2,1-3H3. The van der Waals surface area contributed by atoms with Crippen LogP contribution in [0.1, 0.15) is 19.5 Å². The summed E-state index contributed by atoms with van der Waals surface area (Å²) in [6.07, 6.45) is 4.17. The van der Waals surface area contributed by atoms with E-state index >= 15 is 0 Å². The van der Waals surface area contributed by atoms with E-state index < -0.39 is 0 Å². The molecule has 0 radical (unpaired) electrons. The predicted molar refractivity (Wildman–Crippen MR) is 75.0 cm³/mol. The van der Waals surface area contributed by atoms with Crippen molar-refractivity contribution in [3.63, 3.8) is 0 Å². The molecule has 2 rings (SSSR count). The quantitative estimate of drug-likeness (QED) is 0.821. The first kappa shape index (κ1) is 12.2. The first-order valence-corrected chi connectivity index (χ1v) is 7.13. The fourth-order valence-corrected chi connectivity index (χ4v) is 2.71. The second-order valence-corrected chi connectivity index (χ2v) is 5.66. The molecule has 2 aromatic rings. The normalized spacial score (nSPS) is 11.7. The van der Waals surface area contributed by atoms with Crippen LogP contribution < -0.4 is 0 Å². The highest BCUT2D eigenvalue weighted by atomic mass is 32.2. The van der Waals surface area contributed by atoms with E-state index in [-0.39, 0.29) is 5.41 Å². The molecule has 0 bridgehead atoms. The SMILES string of the molecule is CSCC(C)(C)c1ccn(-c2ccccc2)n1. The second-order valence-electron chi connectivity index (χ2n) is 4.80. The summed E-state index contributed by atoms with van der Waals surface area (Å²) in [6, 6.07) is 12.3. The van der Waals surface area contributed by atoms with Crippen molar-refractivity contribution in [1.82, 2.24) is 9.78 Å². The summed E-state index contributed by atoms with van der Waals surface area (Å²) in [7, 11) is 0. The van der Waals surface area contributed by atoms with Crippen LogP contribution in [-0.2, 0) is 5.41 Å². The third-order valence-corrected chi connectivity index (χ3v) is 3.82. The average molecular weight is 246 g/mol. The minimum atomic E-state index is 0.124. The summed E-state index contributed by atoms with van der Waals surface area (Å²) in [6.45, 7) is 4.47. The summed E-state index contributed by atoms with van der Waals surface area (Å²) in [5.74, 6) is 1.08. The fourth-order valence-electron chi connectivity index (χ4n) is 1.84. The van der Waals surface area contributed by atoms with Gasteiger partial charge in [0.2, 0.25) is 0 Å². The fraction of sp³-hybridized carbons (Fsp3) is 0.357. The molecule has 0 fully saturated rings. The van der Waals surface area contributed by atoms with Gasteiger partial charge in [-0.15, -0.1) is 0 Å². The zero-order valence-corrected chi connectivity index (χ0v) is 11.4. The minimum Gasteiger partial charge on any atom is -0.241 e. The van der Waals surface area contributed by atoms with E-state index in [0.717, 1.165) is 17.1 Å². The van der Waals surface area contributed by atoms with Crippen LogP contribution in [0, 0.1) is 0 Å². The molecule has 2 nitrogen and oxygen atoms in total. The number of benzene rings is 1. The second kappa shape index (κ2) is 4.96. The highest BCUT2D eigenvalue weighted by molar-refractivity contribution is 7.98. The molecule has 1 aromatic carbocycles. The van der Waals surface area contributed by atoms with Crippen LogP contribution in [0.3, 0.4) is 0 Å². The van der Waals surface area contributed by atoms with Gasteiger partial charge in [-0.2, -0.15) is 16.9 Å². The lowest BCUT2D eigenvalue weighted by molar-refractivity contribution is 0.571. The Hall–Kier alpha value is -1.22. The number of rotatable bonds is 4. The molecule has 0 aliphatic carbocycles. The molecule has 0 N–H and O–H groups in total. The van der Waals surface area contributed by atoms with Gasteiger partial charge >= 0.3 is 0 Å². The molecule has 0 saturated heterocycles. The molecule has 17 heavy (non-hydrogen) atoms. The van der Waals surface area contributed by atoms with Crippen molar-refractivity contribution in [2.75, 3.05) is 12.0 Å².